The van der Waals surface area contributed by atoms with E-state index in [0.29, 0.717) is 23.0 Å². The molecule has 6 heteroatoms. The summed E-state index contributed by atoms with van der Waals surface area (Å²) in [5.41, 5.74) is 2.73. The van der Waals surface area contributed by atoms with E-state index in [-0.39, 0.29) is 22.6 Å². The molecule has 1 fully saturated rings. The van der Waals surface area contributed by atoms with Crippen molar-refractivity contribution in [2.24, 2.45) is 5.41 Å². The number of piperidine rings is 1. The van der Waals surface area contributed by atoms with Gasteiger partial charge in [-0.3, -0.25) is 9.69 Å². The number of rotatable bonds is 3. The second kappa shape index (κ2) is 8.38. The maximum atomic E-state index is 14.2. The van der Waals surface area contributed by atoms with Gasteiger partial charge in [-0.05, 0) is 72.8 Å². The van der Waals surface area contributed by atoms with E-state index in [0.717, 1.165) is 49.3 Å². The Morgan fingerprint density at radius 1 is 1.06 bits per heavy atom. The Balaban J connectivity index is 1.52. The molecular weight excluding hydrogens is 434 g/mol. The second-order valence-electron chi connectivity index (χ2n) is 10.2. The molecule has 1 saturated heterocycles. The highest BCUT2D eigenvalue weighted by Crippen LogP contribution is 2.48. The third kappa shape index (κ3) is 4.76. The number of amides is 1. The van der Waals surface area contributed by atoms with Gasteiger partial charge in [0.2, 0.25) is 5.91 Å². The number of benzene rings is 2. The maximum absolute atomic E-state index is 14.2. The van der Waals surface area contributed by atoms with Gasteiger partial charge in [0, 0.05) is 30.6 Å². The van der Waals surface area contributed by atoms with Gasteiger partial charge in [0.15, 0.2) is 0 Å². The number of hydrogen-bond donors (Lipinski definition) is 0. The Morgan fingerprint density at radius 2 is 1.77 bits per heavy atom. The summed E-state index contributed by atoms with van der Waals surface area (Å²) >= 11 is 12.2. The molecule has 0 N–H and O–H groups in total. The average molecular weight is 463 g/mol. The topological polar surface area (TPSA) is 23.6 Å². The molecule has 2 aliphatic heterocycles. The van der Waals surface area contributed by atoms with E-state index in [1.165, 1.54) is 6.07 Å². The summed E-state index contributed by atoms with van der Waals surface area (Å²) in [6.07, 6.45) is 2.26. The van der Waals surface area contributed by atoms with Crippen molar-refractivity contribution >= 4 is 34.8 Å². The van der Waals surface area contributed by atoms with Gasteiger partial charge in [0.05, 0.1) is 10.0 Å². The molecule has 31 heavy (non-hydrogen) atoms. The van der Waals surface area contributed by atoms with Gasteiger partial charge in [-0.2, -0.15) is 0 Å². The van der Waals surface area contributed by atoms with Crippen molar-refractivity contribution in [3.8, 4) is 0 Å². The lowest BCUT2D eigenvalue weighted by Crippen LogP contribution is -2.46. The number of carbonyl (C=O) groups is 1. The minimum absolute atomic E-state index is 0.0871. The van der Waals surface area contributed by atoms with Crippen LogP contribution >= 0.6 is 23.2 Å². The largest absolute Gasteiger partial charge is 0.311 e. The van der Waals surface area contributed by atoms with Crippen molar-refractivity contribution < 1.29 is 9.18 Å². The number of fused-ring (bicyclic) bond motifs is 2. The molecule has 2 heterocycles. The number of nitrogens with zero attached hydrogens (tertiary/aromatic N) is 2. The fourth-order valence-corrected chi connectivity index (χ4v) is 5.20. The fraction of sp³-hybridized carbons (Fsp3) is 0.480. The lowest BCUT2D eigenvalue weighted by molar-refractivity contribution is -0.120. The Hall–Kier alpha value is -1.62. The van der Waals surface area contributed by atoms with Crippen LogP contribution in [0.3, 0.4) is 0 Å². The van der Waals surface area contributed by atoms with Gasteiger partial charge < -0.3 is 4.90 Å². The molecule has 0 radical (unpaired) electrons. The minimum atomic E-state index is -0.235. The van der Waals surface area contributed by atoms with E-state index in [4.69, 9.17) is 23.2 Å². The quantitative estimate of drug-likeness (QED) is 0.522. The summed E-state index contributed by atoms with van der Waals surface area (Å²) in [6, 6.07) is 10.7. The average Bonchev–Trinajstić information content (AvgIpc) is 2.99. The predicted octanol–water partition coefficient (Wildman–Crippen LogP) is 6.45. The number of anilines is 1. The van der Waals surface area contributed by atoms with E-state index >= 15 is 0 Å². The Kier molecular flexibility index (Phi) is 6.10. The first-order valence-corrected chi connectivity index (χ1v) is 11.6. The third-order valence-corrected chi connectivity index (χ3v) is 7.21. The van der Waals surface area contributed by atoms with Gasteiger partial charge in [-0.15, -0.1) is 0 Å². The molecule has 1 spiro atoms. The summed E-state index contributed by atoms with van der Waals surface area (Å²) in [5, 5.41) is 1.13. The van der Waals surface area contributed by atoms with Crippen LogP contribution in [0.1, 0.15) is 51.2 Å². The van der Waals surface area contributed by atoms with Crippen molar-refractivity contribution in [3.05, 3.63) is 63.4 Å². The Labute approximate surface area is 194 Å². The number of halogens is 3. The van der Waals surface area contributed by atoms with Crippen LogP contribution in [-0.4, -0.2) is 30.4 Å². The summed E-state index contributed by atoms with van der Waals surface area (Å²) in [7, 11) is 0. The highest BCUT2D eigenvalue weighted by Gasteiger charge is 2.46. The molecule has 3 nitrogen and oxygen atoms in total. The van der Waals surface area contributed by atoms with Gasteiger partial charge in [0.1, 0.15) is 5.82 Å². The third-order valence-electron chi connectivity index (χ3n) is 6.47. The van der Waals surface area contributed by atoms with Crippen molar-refractivity contribution in [1.29, 1.82) is 0 Å². The van der Waals surface area contributed by atoms with Gasteiger partial charge >= 0.3 is 0 Å². The highest BCUT2D eigenvalue weighted by molar-refractivity contribution is 6.42. The molecule has 0 bridgehead atoms. The summed E-state index contributed by atoms with van der Waals surface area (Å²) < 4.78 is 14.2. The highest BCUT2D eigenvalue weighted by atomic mass is 35.5. The van der Waals surface area contributed by atoms with Crippen LogP contribution in [0.4, 0.5) is 10.1 Å². The Bertz CT molecular complexity index is 994. The molecule has 0 aliphatic carbocycles. The molecule has 0 saturated carbocycles. The number of likely N-dealkylation sites (tertiary alicyclic amines) is 1. The normalized spacial score (nSPS) is 18.5. The van der Waals surface area contributed by atoms with Crippen LogP contribution < -0.4 is 4.90 Å². The zero-order valence-electron chi connectivity index (χ0n) is 18.4. The SMILES string of the molecule is CC(C)(C)CC(=O)N1CC2(CCN(Cc3ccc(Cl)c(Cl)c3)CC2)c2cc(F)ccc21. The number of hydrogen-bond acceptors (Lipinski definition) is 2. The first kappa shape index (κ1) is 22.6. The molecule has 2 aliphatic rings. The molecule has 2 aromatic carbocycles. The van der Waals surface area contributed by atoms with E-state index in [9.17, 15) is 9.18 Å². The standard InChI is InChI=1S/C25H29Cl2FN2O/c1-24(2,3)14-23(31)30-16-25(19-13-18(28)5-7-22(19)30)8-10-29(11-9-25)15-17-4-6-20(26)21(27)12-17/h4-7,12-13H,8-11,14-16H2,1-3H3. The fourth-order valence-electron chi connectivity index (χ4n) is 4.88. The lowest BCUT2D eigenvalue weighted by atomic mass is 9.74. The second-order valence-corrected chi connectivity index (χ2v) is 11.0. The summed E-state index contributed by atoms with van der Waals surface area (Å²) in [6.45, 7) is 9.43. The Morgan fingerprint density at radius 3 is 2.42 bits per heavy atom. The van der Waals surface area contributed by atoms with Crippen LogP contribution in [0.2, 0.25) is 10.0 Å². The maximum Gasteiger partial charge on any atom is 0.227 e. The molecule has 2 aromatic rings. The van der Waals surface area contributed by atoms with E-state index in [1.807, 2.05) is 23.1 Å². The van der Waals surface area contributed by atoms with E-state index in [1.54, 1.807) is 12.1 Å². The van der Waals surface area contributed by atoms with Crippen LogP contribution in [0.25, 0.3) is 0 Å². The predicted molar refractivity (Wildman–Crippen MR) is 125 cm³/mol. The van der Waals surface area contributed by atoms with Crippen molar-refractivity contribution in [2.45, 2.75) is 52.0 Å². The van der Waals surface area contributed by atoms with Gasteiger partial charge in [-0.25, -0.2) is 4.39 Å². The monoisotopic (exact) mass is 462 g/mol. The van der Waals surface area contributed by atoms with Crippen LogP contribution in [0.5, 0.6) is 0 Å². The molecular formula is C25H29Cl2FN2O. The zero-order chi connectivity index (χ0) is 22.4. The van der Waals surface area contributed by atoms with Crippen molar-refractivity contribution in [2.75, 3.05) is 24.5 Å². The summed E-state index contributed by atoms with van der Waals surface area (Å²) in [4.78, 5) is 17.4. The first-order chi connectivity index (χ1) is 14.6. The molecule has 1 amide bonds. The number of carbonyl (C=O) groups excluding carboxylic acids is 1. The minimum Gasteiger partial charge on any atom is -0.311 e. The van der Waals surface area contributed by atoms with Crippen LogP contribution in [0, 0.1) is 11.2 Å². The smallest absolute Gasteiger partial charge is 0.227 e. The zero-order valence-corrected chi connectivity index (χ0v) is 19.9. The van der Waals surface area contributed by atoms with E-state index < -0.39 is 0 Å². The van der Waals surface area contributed by atoms with Crippen LogP contribution in [0.15, 0.2) is 36.4 Å². The molecule has 4 rings (SSSR count). The van der Waals surface area contributed by atoms with E-state index in [2.05, 4.69) is 25.7 Å². The molecule has 0 aromatic heterocycles. The first-order valence-electron chi connectivity index (χ1n) is 10.8. The van der Waals surface area contributed by atoms with Crippen molar-refractivity contribution in [1.82, 2.24) is 4.90 Å². The van der Waals surface area contributed by atoms with Gasteiger partial charge in [-0.1, -0.05) is 50.0 Å². The molecule has 0 atom stereocenters. The molecule has 0 unspecified atom stereocenters. The van der Waals surface area contributed by atoms with Gasteiger partial charge in [0.25, 0.3) is 0 Å². The van der Waals surface area contributed by atoms with Crippen LogP contribution in [-0.2, 0) is 16.8 Å². The molecule has 166 valence electrons. The lowest BCUT2D eigenvalue weighted by Gasteiger charge is -2.40. The summed E-state index contributed by atoms with van der Waals surface area (Å²) in [5.74, 6) is -0.114. The van der Waals surface area contributed by atoms with Crippen molar-refractivity contribution in [3.63, 3.8) is 0 Å².